The zero-order valence-electron chi connectivity index (χ0n) is 10.7. The molecule has 98 valence electrons. The summed E-state index contributed by atoms with van der Waals surface area (Å²) in [6.45, 7) is 0. The van der Waals surface area contributed by atoms with Crippen molar-refractivity contribution >= 4 is 0 Å². The van der Waals surface area contributed by atoms with Crippen molar-refractivity contribution in [3.63, 3.8) is 0 Å². The van der Waals surface area contributed by atoms with Gasteiger partial charge in [-0.3, -0.25) is 0 Å². The molecule has 0 saturated heterocycles. The molecule has 2 fully saturated rings. The number of rotatable bonds is 3. The molecule has 2 saturated carbocycles. The smallest absolute Gasteiger partial charge is 0.0827 e. The lowest BCUT2D eigenvalue weighted by Crippen LogP contribution is -2.27. The lowest BCUT2D eigenvalue weighted by molar-refractivity contribution is 0.0772. The van der Waals surface area contributed by atoms with E-state index in [1.165, 1.54) is 38.5 Å². The Bertz CT molecular complexity index is 235. The zero-order chi connectivity index (χ0) is 12.1. The maximum atomic E-state index is 11.9. The Morgan fingerprint density at radius 1 is 0.882 bits per heavy atom. The standard InChI is InChI=1S/C15H25FO/c16-11-1-2-12-3-5-13(6-4-12)14-7-9-15(17)10-8-14/h1,11-15,17H,2-10H2. The van der Waals surface area contributed by atoms with Crippen LogP contribution in [-0.4, -0.2) is 11.2 Å². The van der Waals surface area contributed by atoms with Gasteiger partial charge in [0.05, 0.1) is 12.4 Å². The van der Waals surface area contributed by atoms with E-state index >= 15 is 0 Å². The number of aliphatic hydroxyl groups excluding tert-OH is 1. The second-order valence-corrected chi connectivity index (χ2v) is 5.95. The minimum absolute atomic E-state index is 0.0303. The summed E-state index contributed by atoms with van der Waals surface area (Å²) in [5, 5.41) is 9.52. The summed E-state index contributed by atoms with van der Waals surface area (Å²) in [5.74, 6) is 2.46. The average molecular weight is 240 g/mol. The minimum atomic E-state index is -0.0303. The molecule has 2 aliphatic carbocycles. The Morgan fingerprint density at radius 3 is 1.94 bits per heavy atom. The van der Waals surface area contributed by atoms with Crippen LogP contribution in [0.4, 0.5) is 4.39 Å². The Hall–Kier alpha value is -0.370. The molecule has 0 heterocycles. The van der Waals surface area contributed by atoms with Crippen LogP contribution in [0.5, 0.6) is 0 Å². The van der Waals surface area contributed by atoms with Crippen molar-refractivity contribution in [2.24, 2.45) is 17.8 Å². The second kappa shape index (κ2) is 6.53. The lowest BCUT2D eigenvalue weighted by Gasteiger charge is -2.36. The number of hydrogen-bond acceptors (Lipinski definition) is 1. The van der Waals surface area contributed by atoms with Gasteiger partial charge in [-0.1, -0.05) is 6.08 Å². The summed E-state index contributed by atoms with van der Waals surface area (Å²) in [6, 6.07) is 0. The summed E-state index contributed by atoms with van der Waals surface area (Å²) < 4.78 is 11.9. The predicted molar refractivity (Wildman–Crippen MR) is 68.3 cm³/mol. The van der Waals surface area contributed by atoms with E-state index < -0.39 is 0 Å². The van der Waals surface area contributed by atoms with E-state index in [9.17, 15) is 9.50 Å². The largest absolute Gasteiger partial charge is 0.393 e. The number of hydrogen-bond donors (Lipinski definition) is 1. The Labute approximate surface area is 104 Å². The molecule has 17 heavy (non-hydrogen) atoms. The van der Waals surface area contributed by atoms with Gasteiger partial charge in [-0.05, 0) is 75.5 Å². The zero-order valence-corrected chi connectivity index (χ0v) is 10.7. The van der Waals surface area contributed by atoms with Crippen LogP contribution < -0.4 is 0 Å². The average Bonchev–Trinajstić information content (AvgIpc) is 2.38. The first-order valence-corrected chi connectivity index (χ1v) is 7.23. The highest BCUT2D eigenvalue weighted by molar-refractivity contribution is 4.84. The molecule has 0 aromatic heterocycles. The third-order valence-electron chi connectivity index (χ3n) is 4.86. The van der Waals surface area contributed by atoms with E-state index in [0.29, 0.717) is 12.2 Å². The predicted octanol–water partition coefficient (Wildman–Crippen LogP) is 4.22. The van der Waals surface area contributed by atoms with Gasteiger partial charge in [0.2, 0.25) is 0 Å². The molecule has 2 heteroatoms. The van der Waals surface area contributed by atoms with Crippen molar-refractivity contribution in [1.29, 1.82) is 0 Å². The first-order valence-electron chi connectivity index (χ1n) is 7.23. The fraction of sp³-hybridized carbons (Fsp3) is 0.867. The Balaban J connectivity index is 1.71. The van der Waals surface area contributed by atoms with Gasteiger partial charge < -0.3 is 5.11 Å². The van der Waals surface area contributed by atoms with Crippen LogP contribution in [0.15, 0.2) is 12.4 Å². The van der Waals surface area contributed by atoms with Gasteiger partial charge >= 0.3 is 0 Å². The summed E-state index contributed by atoms with van der Waals surface area (Å²) >= 11 is 0. The van der Waals surface area contributed by atoms with Crippen molar-refractivity contribution in [2.45, 2.75) is 63.9 Å². The highest BCUT2D eigenvalue weighted by Crippen LogP contribution is 2.40. The monoisotopic (exact) mass is 240 g/mol. The number of allylic oxidation sites excluding steroid dienone is 1. The quantitative estimate of drug-likeness (QED) is 0.783. The lowest BCUT2D eigenvalue weighted by atomic mass is 9.70. The molecule has 0 atom stereocenters. The van der Waals surface area contributed by atoms with Gasteiger partial charge in [0.15, 0.2) is 0 Å². The van der Waals surface area contributed by atoms with Crippen molar-refractivity contribution in [3.05, 3.63) is 12.4 Å². The van der Waals surface area contributed by atoms with Gasteiger partial charge in [0, 0.05) is 0 Å². The van der Waals surface area contributed by atoms with Gasteiger partial charge in [-0.25, -0.2) is 4.39 Å². The van der Waals surface area contributed by atoms with Gasteiger partial charge in [-0.15, -0.1) is 0 Å². The first kappa shape index (κ1) is 13.1. The molecule has 0 aromatic carbocycles. The number of halogens is 1. The van der Waals surface area contributed by atoms with Crippen LogP contribution in [0.25, 0.3) is 0 Å². The summed E-state index contributed by atoms with van der Waals surface area (Å²) in [5.41, 5.74) is 0. The molecule has 1 N–H and O–H groups in total. The molecule has 0 unspecified atom stereocenters. The minimum Gasteiger partial charge on any atom is -0.393 e. The van der Waals surface area contributed by atoms with Crippen molar-refractivity contribution < 1.29 is 9.50 Å². The van der Waals surface area contributed by atoms with Crippen LogP contribution in [-0.2, 0) is 0 Å². The number of aliphatic hydroxyl groups is 1. The van der Waals surface area contributed by atoms with Crippen molar-refractivity contribution in [2.75, 3.05) is 0 Å². The summed E-state index contributed by atoms with van der Waals surface area (Å²) in [7, 11) is 0. The van der Waals surface area contributed by atoms with Crippen molar-refractivity contribution in [3.8, 4) is 0 Å². The normalized spacial score (nSPS) is 39.6. The molecule has 0 aliphatic heterocycles. The topological polar surface area (TPSA) is 20.2 Å². The van der Waals surface area contributed by atoms with Crippen LogP contribution >= 0.6 is 0 Å². The van der Waals surface area contributed by atoms with E-state index in [2.05, 4.69) is 0 Å². The Kier molecular flexibility index (Phi) is 5.02. The van der Waals surface area contributed by atoms with Crippen LogP contribution in [0.1, 0.15) is 57.8 Å². The van der Waals surface area contributed by atoms with E-state index in [1.54, 1.807) is 6.08 Å². The molecular weight excluding hydrogens is 215 g/mol. The fourth-order valence-corrected chi connectivity index (χ4v) is 3.71. The molecule has 2 aliphatic rings. The van der Waals surface area contributed by atoms with Crippen molar-refractivity contribution in [1.82, 2.24) is 0 Å². The van der Waals surface area contributed by atoms with Crippen LogP contribution in [0.2, 0.25) is 0 Å². The summed E-state index contributed by atoms with van der Waals surface area (Å²) in [4.78, 5) is 0. The third kappa shape index (κ3) is 3.80. The molecule has 0 spiro atoms. The molecular formula is C15H25FO. The van der Waals surface area contributed by atoms with Gasteiger partial charge in [0.1, 0.15) is 0 Å². The second-order valence-electron chi connectivity index (χ2n) is 5.95. The highest BCUT2D eigenvalue weighted by atomic mass is 19.1. The molecule has 0 amide bonds. The SMILES string of the molecule is OC1CCC(C2CCC(CC=CF)CC2)CC1. The first-order chi connectivity index (χ1) is 8.29. The van der Waals surface area contributed by atoms with Gasteiger partial charge in [0.25, 0.3) is 0 Å². The molecule has 1 nitrogen and oxygen atoms in total. The van der Waals surface area contributed by atoms with E-state index in [1.807, 2.05) is 0 Å². The fourth-order valence-electron chi connectivity index (χ4n) is 3.71. The van der Waals surface area contributed by atoms with E-state index in [4.69, 9.17) is 0 Å². The third-order valence-corrected chi connectivity index (χ3v) is 4.86. The maximum absolute atomic E-state index is 11.9. The Morgan fingerprint density at radius 2 is 1.41 bits per heavy atom. The molecule has 2 rings (SSSR count). The summed E-state index contributed by atoms with van der Waals surface area (Å²) in [6.07, 6.45) is 12.9. The molecule has 0 radical (unpaired) electrons. The maximum Gasteiger partial charge on any atom is 0.0827 e. The van der Waals surface area contributed by atoms with Gasteiger partial charge in [-0.2, -0.15) is 0 Å². The van der Waals surface area contributed by atoms with E-state index in [0.717, 1.165) is 31.1 Å². The van der Waals surface area contributed by atoms with Crippen LogP contribution in [0.3, 0.4) is 0 Å². The highest BCUT2D eigenvalue weighted by Gasteiger charge is 2.29. The van der Waals surface area contributed by atoms with Crippen LogP contribution in [0, 0.1) is 17.8 Å². The van der Waals surface area contributed by atoms with E-state index in [-0.39, 0.29) is 6.10 Å². The molecule has 0 bridgehead atoms. The molecule has 0 aromatic rings.